The average molecular weight is 279 g/mol. The molecule has 16 heavy (non-hydrogen) atoms. The summed E-state index contributed by atoms with van der Waals surface area (Å²) in [5.41, 5.74) is 0.399. The van der Waals surface area contributed by atoms with Gasteiger partial charge in [-0.2, -0.15) is 0 Å². The summed E-state index contributed by atoms with van der Waals surface area (Å²) < 4.78 is 26.6. The van der Waals surface area contributed by atoms with Gasteiger partial charge in [0.1, 0.15) is 0 Å². The Hall–Kier alpha value is -0.610. The molecule has 0 aliphatic carbocycles. The van der Waals surface area contributed by atoms with Crippen LogP contribution in [0.25, 0.3) is 0 Å². The zero-order chi connectivity index (χ0) is 12.3. The monoisotopic (exact) mass is 278 g/mol. The van der Waals surface area contributed by atoms with Crippen molar-refractivity contribution in [3.63, 3.8) is 0 Å². The summed E-state index contributed by atoms with van der Waals surface area (Å²) in [6.07, 6.45) is 5.44. The van der Waals surface area contributed by atoms with Gasteiger partial charge in [0.05, 0.1) is 5.69 Å². The van der Waals surface area contributed by atoms with Crippen LogP contribution in [0.15, 0.2) is 4.21 Å². The second-order valence-electron chi connectivity index (χ2n) is 3.27. The molecule has 1 aromatic rings. The molecule has 1 unspecified atom stereocenters. The maximum absolute atomic E-state index is 11.9. The van der Waals surface area contributed by atoms with Gasteiger partial charge < -0.3 is 0 Å². The van der Waals surface area contributed by atoms with E-state index >= 15 is 0 Å². The van der Waals surface area contributed by atoms with E-state index in [1.165, 1.54) is 0 Å². The minimum Gasteiger partial charge on any atom is -0.229 e. The molecule has 1 aromatic heterocycles. The number of sulfonamides is 1. The number of halogens is 1. The Balaban J connectivity index is 2.95. The van der Waals surface area contributed by atoms with Crippen LogP contribution < -0.4 is 4.72 Å². The summed E-state index contributed by atoms with van der Waals surface area (Å²) in [4.78, 5) is 3.86. The maximum atomic E-state index is 11.9. The molecule has 1 rings (SSSR count). The standard InChI is InChI=1S/C9H11ClN2O2S2/c1-4-5-6(2)12-16(13,14)8-7(3)11-9(10)15-8/h1,6,12H,5H2,2-3H3. The predicted molar refractivity (Wildman–Crippen MR) is 65.1 cm³/mol. The first-order valence-electron chi connectivity index (χ1n) is 4.45. The Morgan fingerprint density at radius 1 is 1.69 bits per heavy atom. The van der Waals surface area contributed by atoms with Gasteiger partial charge in [-0.15, -0.1) is 12.3 Å². The molecule has 0 spiro atoms. The molecule has 1 heterocycles. The first-order valence-corrected chi connectivity index (χ1v) is 7.13. The largest absolute Gasteiger partial charge is 0.252 e. The molecule has 88 valence electrons. The molecule has 0 radical (unpaired) electrons. The zero-order valence-corrected chi connectivity index (χ0v) is 11.2. The number of aryl methyl sites for hydroxylation is 1. The van der Waals surface area contributed by atoms with E-state index in [1.807, 2.05) is 0 Å². The lowest BCUT2D eigenvalue weighted by Crippen LogP contribution is -2.32. The Kier molecular flexibility index (Phi) is 4.33. The summed E-state index contributed by atoms with van der Waals surface area (Å²) >= 11 is 6.59. The third-order valence-corrected chi connectivity index (χ3v) is 5.21. The highest BCUT2D eigenvalue weighted by Gasteiger charge is 2.22. The van der Waals surface area contributed by atoms with Crippen molar-refractivity contribution >= 4 is 33.0 Å². The van der Waals surface area contributed by atoms with Crippen LogP contribution in [0.4, 0.5) is 0 Å². The van der Waals surface area contributed by atoms with Crippen molar-refractivity contribution in [1.82, 2.24) is 9.71 Å². The van der Waals surface area contributed by atoms with Gasteiger partial charge in [-0.05, 0) is 13.8 Å². The van der Waals surface area contributed by atoms with Crippen LogP contribution in [-0.2, 0) is 10.0 Å². The van der Waals surface area contributed by atoms with E-state index in [-0.39, 0.29) is 14.7 Å². The molecule has 1 atom stereocenters. The summed E-state index contributed by atoms with van der Waals surface area (Å²) in [6, 6.07) is -0.310. The van der Waals surface area contributed by atoms with Gasteiger partial charge in [0.15, 0.2) is 8.68 Å². The van der Waals surface area contributed by atoms with Gasteiger partial charge in [0.2, 0.25) is 0 Å². The first-order chi connectivity index (χ1) is 7.36. The number of hydrogen-bond acceptors (Lipinski definition) is 4. The fourth-order valence-corrected chi connectivity index (χ4v) is 4.14. The number of rotatable bonds is 4. The SMILES string of the molecule is C#CCC(C)NS(=O)(=O)c1sc(Cl)nc1C. The number of nitrogens with one attached hydrogen (secondary N) is 1. The lowest BCUT2D eigenvalue weighted by Gasteiger charge is -2.10. The Morgan fingerprint density at radius 2 is 2.31 bits per heavy atom. The quantitative estimate of drug-likeness (QED) is 0.855. The normalized spacial score (nSPS) is 13.4. The molecule has 0 aliphatic rings. The van der Waals surface area contributed by atoms with E-state index in [2.05, 4.69) is 15.6 Å². The second-order valence-corrected chi connectivity index (χ2v) is 6.76. The van der Waals surface area contributed by atoms with Crippen LogP contribution in [0.1, 0.15) is 19.0 Å². The molecular formula is C9H11ClN2O2S2. The van der Waals surface area contributed by atoms with Gasteiger partial charge in [-0.3, -0.25) is 0 Å². The minimum absolute atomic E-state index is 0.140. The average Bonchev–Trinajstić information content (AvgIpc) is 2.45. The second kappa shape index (κ2) is 5.15. The van der Waals surface area contributed by atoms with Crippen molar-refractivity contribution in [3.05, 3.63) is 10.2 Å². The summed E-state index contributed by atoms with van der Waals surface area (Å²) in [7, 11) is -3.57. The summed E-state index contributed by atoms with van der Waals surface area (Å²) in [5.74, 6) is 2.40. The molecule has 0 aliphatic heterocycles. The lowest BCUT2D eigenvalue weighted by atomic mass is 10.3. The van der Waals surface area contributed by atoms with Crippen molar-refractivity contribution in [1.29, 1.82) is 0 Å². The van der Waals surface area contributed by atoms with Crippen molar-refractivity contribution < 1.29 is 8.42 Å². The minimum atomic E-state index is -3.57. The van der Waals surface area contributed by atoms with Gasteiger partial charge in [-0.1, -0.05) is 22.9 Å². The number of hydrogen-bond donors (Lipinski definition) is 1. The number of nitrogens with zero attached hydrogens (tertiary/aromatic N) is 1. The summed E-state index contributed by atoms with van der Waals surface area (Å²) in [5, 5.41) is 0. The van der Waals surface area contributed by atoms with E-state index in [4.69, 9.17) is 18.0 Å². The van der Waals surface area contributed by atoms with E-state index in [0.29, 0.717) is 12.1 Å². The van der Waals surface area contributed by atoms with E-state index in [1.54, 1.807) is 13.8 Å². The molecule has 7 heteroatoms. The molecule has 0 bridgehead atoms. The smallest absolute Gasteiger partial charge is 0.229 e. The van der Waals surface area contributed by atoms with Crippen LogP contribution in [0.3, 0.4) is 0 Å². The number of aromatic nitrogens is 1. The van der Waals surface area contributed by atoms with Crippen molar-refractivity contribution in [2.24, 2.45) is 0 Å². The summed E-state index contributed by atoms with van der Waals surface area (Å²) in [6.45, 7) is 3.30. The van der Waals surface area contributed by atoms with Crippen molar-refractivity contribution in [2.75, 3.05) is 0 Å². The lowest BCUT2D eigenvalue weighted by molar-refractivity contribution is 0.565. The molecule has 0 saturated carbocycles. The van der Waals surface area contributed by atoms with Gasteiger partial charge in [0.25, 0.3) is 10.0 Å². The van der Waals surface area contributed by atoms with Gasteiger partial charge >= 0.3 is 0 Å². The third-order valence-electron chi connectivity index (χ3n) is 1.75. The Morgan fingerprint density at radius 3 is 2.75 bits per heavy atom. The van der Waals surface area contributed by atoms with E-state index < -0.39 is 10.0 Å². The highest BCUT2D eigenvalue weighted by atomic mass is 35.5. The Labute approximate surface area is 104 Å². The fourth-order valence-electron chi connectivity index (χ4n) is 1.14. The number of terminal acetylenes is 1. The topological polar surface area (TPSA) is 59.1 Å². The van der Waals surface area contributed by atoms with Crippen LogP contribution in [0.2, 0.25) is 4.47 Å². The van der Waals surface area contributed by atoms with E-state index in [0.717, 1.165) is 11.3 Å². The zero-order valence-electron chi connectivity index (χ0n) is 8.82. The molecule has 0 amide bonds. The third kappa shape index (κ3) is 3.19. The maximum Gasteiger partial charge on any atom is 0.252 e. The molecule has 4 nitrogen and oxygen atoms in total. The fraction of sp³-hybridized carbons (Fsp3) is 0.444. The van der Waals surface area contributed by atoms with Gasteiger partial charge in [0, 0.05) is 12.5 Å². The molecule has 0 aromatic carbocycles. The Bertz CT molecular complexity index is 516. The van der Waals surface area contributed by atoms with E-state index in [9.17, 15) is 8.42 Å². The molecule has 0 saturated heterocycles. The van der Waals surface area contributed by atoms with Crippen LogP contribution in [0, 0.1) is 19.3 Å². The molecule has 0 fully saturated rings. The van der Waals surface area contributed by atoms with Crippen molar-refractivity contribution in [2.45, 2.75) is 30.5 Å². The van der Waals surface area contributed by atoms with Crippen LogP contribution in [0.5, 0.6) is 0 Å². The predicted octanol–water partition coefficient (Wildman–Crippen LogP) is 1.80. The molecule has 1 N–H and O–H groups in total. The van der Waals surface area contributed by atoms with Crippen LogP contribution >= 0.6 is 22.9 Å². The highest BCUT2D eigenvalue weighted by Crippen LogP contribution is 2.26. The number of thiazole rings is 1. The van der Waals surface area contributed by atoms with Crippen molar-refractivity contribution in [3.8, 4) is 12.3 Å². The highest BCUT2D eigenvalue weighted by molar-refractivity contribution is 7.91. The van der Waals surface area contributed by atoms with Gasteiger partial charge in [-0.25, -0.2) is 18.1 Å². The first kappa shape index (κ1) is 13.5. The molecular weight excluding hydrogens is 268 g/mol. The van der Waals surface area contributed by atoms with Crippen LogP contribution in [-0.4, -0.2) is 19.4 Å².